The van der Waals surface area contributed by atoms with Gasteiger partial charge in [0.1, 0.15) is 0 Å². The van der Waals surface area contributed by atoms with E-state index in [4.69, 9.17) is 4.52 Å². The molecule has 0 aromatic carbocycles. The number of rotatable bonds is 9. The summed E-state index contributed by atoms with van der Waals surface area (Å²) < 4.78 is 5.44. The highest BCUT2D eigenvalue weighted by atomic mass is 16.5. The van der Waals surface area contributed by atoms with Gasteiger partial charge in [-0.15, -0.1) is 0 Å². The second kappa shape index (κ2) is 8.33. The van der Waals surface area contributed by atoms with Crippen molar-refractivity contribution in [3.63, 3.8) is 0 Å². The maximum absolute atomic E-state index is 5.44. The van der Waals surface area contributed by atoms with Crippen LogP contribution >= 0.6 is 0 Å². The van der Waals surface area contributed by atoms with E-state index in [9.17, 15) is 0 Å². The van der Waals surface area contributed by atoms with Crippen molar-refractivity contribution in [2.75, 3.05) is 13.6 Å². The Morgan fingerprint density at radius 1 is 1.32 bits per heavy atom. The van der Waals surface area contributed by atoms with Gasteiger partial charge in [0.25, 0.3) is 0 Å². The zero-order valence-electron chi connectivity index (χ0n) is 13.1. The molecule has 1 aromatic rings. The lowest BCUT2D eigenvalue weighted by Gasteiger charge is -2.30. The van der Waals surface area contributed by atoms with E-state index in [0.717, 1.165) is 31.1 Å². The molecule has 0 bridgehead atoms. The number of nitrogens with one attached hydrogen (secondary N) is 1. The van der Waals surface area contributed by atoms with Gasteiger partial charge in [-0.05, 0) is 25.8 Å². The molecule has 0 fully saturated rings. The molecule has 19 heavy (non-hydrogen) atoms. The van der Waals surface area contributed by atoms with Crippen molar-refractivity contribution < 1.29 is 4.52 Å². The number of hydrogen-bond donors (Lipinski definition) is 1. The quantitative estimate of drug-likeness (QED) is 0.746. The minimum atomic E-state index is 0.625. The van der Waals surface area contributed by atoms with Gasteiger partial charge >= 0.3 is 0 Å². The summed E-state index contributed by atoms with van der Waals surface area (Å²) in [5.41, 5.74) is 0.978. The van der Waals surface area contributed by atoms with Crippen molar-refractivity contribution in [2.45, 2.75) is 59.7 Å². The molecule has 110 valence electrons. The molecule has 1 N–H and O–H groups in total. The normalized spacial score (nSPS) is 12.0. The highest BCUT2D eigenvalue weighted by molar-refractivity contribution is 5.05. The SMILES string of the molecule is CCC(CC)N(Cc1cc(CNC)no1)CC(C)C. The van der Waals surface area contributed by atoms with Gasteiger partial charge in [-0.2, -0.15) is 0 Å². The number of nitrogens with zero attached hydrogens (tertiary/aromatic N) is 2. The van der Waals surface area contributed by atoms with Crippen LogP contribution in [0, 0.1) is 5.92 Å². The first-order valence-corrected chi connectivity index (χ1v) is 7.43. The lowest BCUT2D eigenvalue weighted by Crippen LogP contribution is -2.36. The summed E-state index contributed by atoms with van der Waals surface area (Å²) in [6.45, 7) is 11.8. The molecule has 0 aliphatic carbocycles. The zero-order chi connectivity index (χ0) is 14.3. The largest absolute Gasteiger partial charge is 0.360 e. The molecule has 0 amide bonds. The van der Waals surface area contributed by atoms with Crippen LogP contribution in [0.2, 0.25) is 0 Å². The van der Waals surface area contributed by atoms with E-state index in [-0.39, 0.29) is 0 Å². The Balaban J connectivity index is 2.69. The van der Waals surface area contributed by atoms with Crippen LogP contribution in [0.5, 0.6) is 0 Å². The van der Waals surface area contributed by atoms with Crippen molar-refractivity contribution in [3.05, 3.63) is 17.5 Å². The van der Waals surface area contributed by atoms with Crippen LogP contribution in [-0.4, -0.2) is 29.7 Å². The van der Waals surface area contributed by atoms with Gasteiger partial charge in [0.2, 0.25) is 0 Å². The van der Waals surface area contributed by atoms with E-state index >= 15 is 0 Å². The molecule has 0 saturated heterocycles. The van der Waals surface area contributed by atoms with Gasteiger partial charge in [-0.1, -0.05) is 32.9 Å². The smallest absolute Gasteiger partial charge is 0.151 e. The van der Waals surface area contributed by atoms with E-state index in [1.807, 2.05) is 7.05 Å². The van der Waals surface area contributed by atoms with Gasteiger partial charge in [-0.25, -0.2) is 0 Å². The van der Waals surface area contributed by atoms with Gasteiger partial charge in [0.15, 0.2) is 5.76 Å². The molecule has 1 heterocycles. The lowest BCUT2D eigenvalue weighted by atomic mass is 10.1. The van der Waals surface area contributed by atoms with Crippen LogP contribution in [0.4, 0.5) is 0 Å². The molecule has 0 unspecified atom stereocenters. The Hall–Kier alpha value is -0.870. The molecule has 0 saturated carbocycles. The molecule has 0 radical (unpaired) electrons. The van der Waals surface area contributed by atoms with Crippen molar-refractivity contribution in [1.82, 2.24) is 15.4 Å². The van der Waals surface area contributed by atoms with E-state index < -0.39 is 0 Å². The van der Waals surface area contributed by atoms with Gasteiger partial charge in [0.05, 0.1) is 12.2 Å². The predicted octanol–water partition coefficient (Wildman–Crippen LogP) is 3.04. The fraction of sp³-hybridized carbons (Fsp3) is 0.800. The van der Waals surface area contributed by atoms with Crippen molar-refractivity contribution >= 4 is 0 Å². The third kappa shape index (κ3) is 5.33. The summed E-state index contributed by atoms with van der Waals surface area (Å²) in [6, 6.07) is 2.69. The minimum absolute atomic E-state index is 0.625. The Bertz CT molecular complexity index is 345. The highest BCUT2D eigenvalue weighted by Gasteiger charge is 2.18. The van der Waals surface area contributed by atoms with Crippen molar-refractivity contribution in [3.8, 4) is 0 Å². The fourth-order valence-electron chi connectivity index (χ4n) is 2.51. The van der Waals surface area contributed by atoms with E-state index in [2.05, 4.69) is 49.1 Å². The Kier molecular flexibility index (Phi) is 7.10. The van der Waals surface area contributed by atoms with Crippen LogP contribution in [-0.2, 0) is 13.1 Å². The average molecular weight is 267 g/mol. The Morgan fingerprint density at radius 2 is 2.00 bits per heavy atom. The predicted molar refractivity (Wildman–Crippen MR) is 78.9 cm³/mol. The first-order chi connectivity index (χ1) is 9.10. The summed E-state index contributed by atoms with van der Waals surface area (Å²) in [5, 5.41) is 7.18. The highest BCUT2D eigenvalue weighted by Crippen LogP contribution is 2.16. The summed E-state index contributed by atoms with van der Waals surface area (Å²) >= 11 is 0. The van der Waals surface area contributed by atoms with Crippen LogP contribution < -0.4 is 5.32 Å². The molecule has 0 spiro atoms. The lowest BCUT2D eigenvalue weighted by molar-refractivity contribution is 0.141. The molecule has 1 aromatic heterocycles. The molecule has 4 heteroatoms. The summed E-state index contributed by atoms with van der Waals surface area (Å²) in [4.78, 5) is 2.52. The van der Waals surface area contributed by atoms with E-state index in [1.54, 1.807) is 0 Å². The fourth-order valence-corrected chi connectivity index (χ4v) is 2.51. The first-order valence-electron chi connectivity index (χ1n) is 7.43. The van der Waals surface area contributed by atoms with Gasteiger partial charge < -0.3 is 9.84 Å². The molecule has 4 nitrogen and oxygen atoms in total. The van der Waals surface area contributed by atoms with Crippen LogP contribution in [0.25, 0.3) is 0 Å². The van der Waals surface area contributed by atoms with Gasteiger partial charge in [-0.3, -0.25) is 4.90 Å². The maximum Gasteiger partial charge on any atom is 0.151 e. The number of aromatic nitrogens is 1. The second-order valence-corrected chi connectivity index (χ2v) is 5.61. The van der Waals surface area contributed by atoms with Crippen LogP contribution in [0.1, 0.15) is 52.0 Å². The Morgan fingerprint density at radius 3 is 2.53 bits per heavy atom. The standard InChI is InChI=1S/C15H29N3O/c1-6-14(7-2)18(10-12(3)4)11-15-8-13(9-16-5)17-19-15/h8,12,14,16H,6-7,9-11H2,1-5H3. The van der Waals surface area contributed by atoms with Gasteiger partial charge in [0, 0.05) is 25.2 Å². The average Bonchev–Trinajstić information content (AvgIpc) is 2.78. The van der Waals surface area contributed by atoms with Crippen molar-refractivity contribution in [1.29, 1.82) is 0 Å². The summed E-state index contributed by atoms with van der Waals surface area (Å²) in [5.74, 6) is 1.64. The molecule has 1 rings (SSSR count). The van der Waals surface area contributed by atoms with Crippen LogP contribution in [0.3, 0.4) is 0 Å². The monoisotopic (exact) mass is 267 g/mol. The summed E-state index contributed by atoms with van der Waals surface area (Å²) in [6.07, 6.45) is 2.36. The third-order valence-corrected chi connectivity index (χ3v) is 3.38. The number of hydrogen-bond acceptors (Lipinski definition) is 4. The topological polar surface area (TPSA) is 41.3 Å². The Labute approximate surface area is 117 Å². The molecule has 0 atom stereocenters. The summed E-state index contributed by atoms with van der Waals surface area (Å²) in [7, 11) is 1.92. The zero-order valence-corrected chi connectivity index (χ0v) is 13.1. The second-order valence-electron chi connectivity index (χ2n) is 5.61. The molecule has 0 aliphatic heterocycles. The van der Waals surface area contributed by atoms with Crippen LogP contribution in [0.15, 0.2) is 10.6 Å². The van der Waals surface area contributed by atoms with E-state index in [1.165, 1.54) is 12.8 Å². The molecular formula is C15H29N3O. The minimum Gasteiger partial charge on any atom is -0.360 e. The molecule has 0 aliphatic rings. The molecular weight excluding hydrogens is 238 g/mol. The van der Waals surface area contributed by atoms with Crippen molar-refractivity contribution in [2.24, 2.45) is 5.92 Å². The maximum atomic E-state index is 5.44. The first kappa shape index (κ1) is 16.2. The third-order valence-electron chi connectivity index (χ3n) is 3.38. The van der Waals surface area contributed by atoms with E-state index in [0.29, 0.717) is 12.0 Å².